The van der Waals surface area contributed by atoms with Crippen LogP contribution in [0.5, 0.6) is 0 Å². The van der Waals surface area contributed by atoms with Crippen LogP contribution in [0.1, 0.15) is 23.8 Å². The van der Waals surface area contributed by atoms with Crippen LogP contribution in [0.15, 0.2) is 11.4 Å². The number of thiophene rings is 1. The van der Waals surface area contributed by atoms with Gasteiger partial charge < -0.3 is 10.4 Å². The van der Waals surface area contributed by atoms with Crippen molar-refractivity contribution in [1.29, 1.82) is 5.26 Å². The Morgan fingerprint density at radius 3 is 3.07 bits per heavy atom. The van der Waals surface area contributed by atoms with Gasteiger partial charge in [0.05, 0.1) is 5.56 Å². The van der Waals surface area contributed by atoms with E-state index in [1.807, 2.05) is 18.4 Å². The predicted octanol–water partition coefficient (Wildman–Crippen LogP) is 1.48. The number of nitrogens with one attached hydrogen (secondary N) is 1. The highest BCUT2D eigenvalue weighted by molar-refractivity contribution is 7.10. The monoisotopic (exact) mass is 210 g/mol. The van der Waals surface area contributed by atoms with Gasteiger partial charge in [-0.2, -0.15) is 5.26 Å². The van der Waals surface area contributed by atoms with E-state index >= 15 is 0 Å². The molecule has 1 heterocycles. The fourth-order valence-corrected chi connectivity index (χ4v) is 1.86. The summed E-state index contributed by atoms with van der Waals surface area (Å²) in [5, 5.41) is 22.4. The molecule has 76 valence electrons. The number of rotatable bonds is 5. The Labute approximate surface area is 88.0 Å². The quantitative estimate of drug-likeness (QED) is 0.774. The first kappa shape index (κ1) is 11.2. The maximum atomic E-state index is 8.70. The van der Waals surface area contributed by atoms with Gasteiger partial charge in [0.1, 0.15) is 6.07 Å². The third kappa shape index (κ3) is 3.46. The van der Waals surface area contributed by atoms with Crippen molar-refractivity contribution in [2.45, 2.75) is 25.9 Å². The molecule has 1 aromatic heterocycles. The average molecular weight is 210 g/mol. The van der Waals surface area contributed by atoms with E-state index in [0.717, 1.165) is 23.4 Å². The summed E-state index contributed by atoms with van der Waals surface area (Å²) in [5.41, 5.74) is 0.724. The van der Waals surface area contributed by atoms with Crippen molar-refractivity contribution in [3.8, 4) is 6.07 Å². The summed E-state index contributed by atoms with van der Waals surface area (Å²) in [6, 6.07) is 4.31. The lowest BCUT2D eigenvalue weighted by Gasteiger charge is -2.10. The second kappa shape index (κ2) is 5.76. The second-order valence-electron chi connectivity index (χ2n) is 3.21. The van der Waals surface area contributed by atoms with Crippen molar-refractivity contribution < 1.29 is 5.11 Å². The SMILES string of the molecule is CC(CCO)NCc1cc(C#N)cs1. The molecule has 0 aliphatic rings. The van der Waals surface area contributed by atoms with E-state index in [9.17, 15) is 0 Å². The Bertz CT molecular complexity index is 316. The molecule has 1 unspecified atom stereocenters. The first-order valence-electron chi connectivity index (χ1n) is 4.58. The van der Waals surface area contributed by atoms with E-state index in [1.165, 1.54) is 0 Å². The van der Waals surface area contributed by atoms with E-state index < -0.39 is 0 Å². The summed E-state index contributed by atoms with van der Waals surface area (Å²) >= 11 is 1.59. The van der Waals surface area contributed by atoms with Gasteiger partial charge in [0, 0.05) is 29.5 Å². The Balaban J connectivity index is 2.35. The Morgan fingerprint density at radius 1 is 1.71 bits per heavy atom. The third-order valence-corrected chi connectivity index (χ3v) is 2.91. The zero-order valence-electron chi connectivity index (χ0n) is 8.16. The van der Waals surface area contributed by atoms with Crippen LogP contribution >= 0.6 is 11.3 Å². The smallest absolute Gasteiger partial charge is 0.100 e. The van der Waals surface area contributed by atoms with Crippen molar-refractivity contribution in [2.75, 3.05) is 6.61 Å². The van der Waals surface area contributed by atoms with E-state index in [4.69, 9.17) is 10.4 Å². The molecule has 0 aliphatic carbocycles. The van der Waals surface area contributed by atoms with Gasteiger partial charge in [-0.05, 0) is 19.4 Å². The largest absolute Gasteiger partial charge is 0.396 e. The lowest BCUT2D eigenvalue weighted by molar-refractivity contribution is 0.269. The number of nitriles is 1. The van der Waals surface area contributed by atoms with Gasteiger partial charge in [-0.25, -0.2) is 0 Å². The molecule has 0 amide bonds. The maximum absolute atomic E-state index is 8.70. The molecule has 4 heteroatoms. The molecule has 1 atom stereocenters. The van der Waals surface area contributed by atoms with Gasteiger partial charge >= 0.3 is 0 Å². The van der Waals surface area contributed by atoms with Crippen LogP contribution in [0.4, 0.5) is 0 Å². The third-order valence-electron chi connectivity index (χ3n) is 1.97. The molecule has 1 rings (SSSR count). The zero-order valence-corrected chi connectivity index (χ0v) is 8.97. The summed E-state index contributed by atoms with van der Waals surface area (Å²) in [7, 11) is 0. The number of aliphatic hydroxyl groups excluding tert-OH is 1. The fourth-order valence-electron chi connectivity index (χ4n) is 1.10. The normalized spacial score (nSPS) is 12.4. The molecule has 14 heavy (non-hydrogen) atoms. The molecular weight excluding hydrogens is 196 g/mol. The number of hydrogen-bond donors (Lipinski definition) is 2. The molecule has 0 aliphatic heterocycles. The van der Waals surface area contributed by atoms with E-state index in [1.54, 1.807) is 11.3 Å². The van der Waals surface area contributed by atoms with Gasteiger partial charge in [-0.1, -0.05) is 0 Å². The number of hydrogen-bond acceptors (Lipinski definition) is 4. The van der Waals surface area contributed by atoms with Crippen molar-refractivity contribution >= 4 is 11.3 Å². The predicted molar refractivity (Wildman–Crippen MR) is 57.0 cm³/mol. The molecule has 0 aromatic carbocycles. The first-order chi connectivity index (χ1) is 6.76. The molecule has 0 fully saturated rings. The van der Waals surface area contributed by atoms with Gasteiger partial charge in [-0.15, -0.1) is 11.3 Å². The molecular formula is C10H14N2OS. The molecule has 0 spiro atoms. The van der Waals surface area contributed by atoms with Crippen LogP contribution in [0.25, 0.3) is 0 Å². The zero-order chi connectivity index (χ0) is 10.4. The highest BCUT2D eigenvalue weighted by Gasteiger charge is 2.02. The lowest BCUT2D eigenvalue weighted by atomic mass is 10.2. The van der Waals surface area contributed by atoms with E-state index in [2.05, 4.69) is 11.4 Å². The molecule has 0 radical (unpaired) electrons. The minimum absolute atomic E-state index is 0.210. The van der Waals surface area contributed by atoms with Crippen molar-refractivity contribution in [3.05, 3.63) is 21.9 Å². The molecule has 1 aromatic rings. The second-order valence-corrected chi connectivity index (χ2v) is 4.20. The molecule has 0 saturated carbocycles. The fraction of sp³-hybridized carbons (Fsp3) is 0.500. The van der Waals surface area contributed by atoms with Crippen molar-refractivity contribution in [1.82, 2.24) is 5.32 Å². The van der Waals surface area contributed by atoms with Crippen LogP contribution in [-0.4, -0.2) is 17.8 Å². The lowest BCUT2D eigenvalue weighted by Crippen LogP contribution is -2.25. The van der Waals surface area contributed by atoms with Crippen LogP contribution in [0, 0.1) is 11.3 Å². The minimum atomic E-state index is 0.210. The molecule has 2 N–H and O–H groups in total. The van der Waals surface area contributed by atoms with Crippen LogP contribution < -0.4 is 5.32 Å². The summed E-state index contributed by atoms with van der Waals surface area (Å²) < 4.78 is 0. The number of aliphatic hydroxyl groups is 1. The number of nitrogens with zero attached hydrogens (tertiary/aromatic N) is 1. The first-order valence-corrected chi connectivity index (χ1v) is 5.46. The molecule has 3 nitrogen and oxygen atoms in total. The van der Waals surface area contributed by atoms with E-state index in [0.29, 0.717) is 6.04 Å². The maximum Gasteiger partial charge on any atom is 0.100 e. The van der Waals surface area contributed by atoms with Gasteiger partial charge in [-0.3, -0.25) is 0 Å². The Morgan fingerprint density at radius 2 is 2.50 bits per heavy atom. The van der Waals surface area contributed by atoms with Crippen LogP contribution in [0.3, 0.4) is 0 Å². The van der Waals surface area contributed by atoms with Gasteiger partial charge in [0.2, 0.25) is 0 Å². The molecule has 0 bridgehead atoms. The van der Waals surface area contributed by atoms with Crippen molar-refractivity contribution in [2.24, 2.45) is 0 Å². The summed E-state index contributed by atoms with van der Waals surface area (Å²) in [5.74, 6) is 0. The van der Waals surface area contributed by atoms with Crippen molar-refractivity contribution in [3.63, 3.8) is 0 Å². The topological polar surface area (TPSA) is 56.0 Å². The average Bonchev–Trinajstić information content (AvgIpc) is 2.63. The standard InChI is InChI=1S/C10H14N2OS/c1-8(2-3-13)12-6-10-4-9(5-11)7-14-10/h4,7-8,12-13H,2-3,6H2,1H3. The minimum Gasteiger partial charge on any atom is -0.396 e. The van der Waals surface area contributed by atoms with E-state index in [-0.39, 0.29) is 6.61 Å². The highest BCUT2D eigenvalue weighted by Crippen LogP contribution is 2.13. The summed E-state index contributed by atoms with van der Waals surface area (Å²) in [6.07, 6.45) is 0.760. The Hall–Kier alpha value is -0.890. The van der Waals surface area contributed by atoms with Gasteiger partial charge in [0.25, 0.3) is 0 Å². The van der Waals surface area contributed by atoms with Crippen LogP contribution in [-0.2, 0) is 6.54 Å². The Kier molecular flexibility index (Phi) is 4.60. The highest BCUT2D eigenvalue weighted by atomic mass is 32.1. The van der Waals surface area contributed by atoms with Gasteiger partial charge in [0.15, 0.2) is 0 Å². The summed E-state index contributed by atoms with van der Waals surface area (Å²) in [6.45, 7) is 3.02. The summed E-state index contributed by atoms with van der Waals surface area (Å²) in [4.78, 5) is 1.16. The molecule has 0 saturated heterocycles. The van der Waals surface area contributed by atoms with Crippen LogP contribution in [0.2, 0.25) is 0 Å².